The van der Waals surface area contributed by atoms with E-state index in [2.05, 4.69) is 63.8 Å². The van der Waals surface area contributed by atoms with Crippen LogP contribution in [-0.4, -0.2) is 41.2 Å². The average Bonchev–Trinajstić information content (AvgIpc) is 3.18. The molecular formula is C25H25ClN4O. The molecule has 1 aromatic carbocycles. The van der Waals surface area contributed by atoms with E-state index in [-0.39, 0.29) is 0 Å². The Hall–Kier alpha value is -3.02. The van der Waals surface area contributed by atoms with Crippen LogP contribution in [0.3, 0.4) is 0 Å². The predicted molar refractivity (Wildman–Crippen MR) is 127 cm³/mol. The number of aryl methyl sites for hydroxylation is 1. The van der Waals surface area contributed by atoms with Crippen molar-refractivity contribution in [1.82, 2.24) is 14.9 Å². The lowest BCUT2D eigenvalue weighted by Gasteiger charge is -2.28. The topological polar surface area (TPSA) is 44.4 Å². The molecule has 158 valence electrons. The number of anilines is 1. The molecule has 0 atom stereocenters. The van der Waals surface area contributed by atoms with Gasteiger partial charge in [-0.05, 0) is 54.0 Å². The maximum atomic E-state index is 6.23. The third-order valence-corrected chi connectivity index (χ3v) is 6.00. The molecule has 2 aliphatic rings. The second-order valence-electron chi connectivity index (χ2n) is 8.06. The molecule has 0 saturated carbocycles. The van der Waals surface area contributed by atoms with Crippen molar-refractivity contribution in [3.8, 4) is 0 Å². The first-order valence-corrected chi connectivity index (χ1v) is 10.9. The van der Waals surface area contributed by atoms with Gasteiger partial charge in [0.15, 0.2) is 0 Å². The smallest absolute Gasteiger partial charge is 0.138 e. The number of aromatic nitrogens is 2. The van der Waals surface area contributed by atoms with Crippen molar-refractivity contribution < 1.29 is 4.74 Å². The minimum atomic E-state index is 0.733. The number of H-pyrrole nitrogens is 1. The van der Waals surface area contributed by atoms with E-state index in [9.17, 15) is 0 Å². The highest BCUT2D eigenvalue weighted by Gasteiger charge is 2.17. The Morgan fingerprint density at radius 3 is 2.81 bits per heavy atom. The first-order chi connectivity index (χ1) is 15.1. The molecule has 2 aromatic heterocycles. The molecule has 4 heterocycles. The third kappa shape index (κ3) is 4.11. The van der Waals surface area contributed by atoms with Crippen molar-refractivity contribution in [2.75, 3.05) is 31.2 Å². The summed E-state index contributed by atoms with van der Waals surface area (Å²) < 4.78 is 5.48. The van der Waals surface area contributed by atoms with E-state index in [1.54, 1.807) is 0 Å². The number of nitrogens with one attached hydrogen (secondary N) is 1. The van der Waals surface area contributed by atoms with Gasteiger partial charge in [0.2, 0.25) is 0 Å². The quantitative estimate of drug-likeness (QED) is 0.608. The fourth-order valence-corrected chi connectivity index (χ4v) is 4.54. The Bertz CT molecular complexity index is 1180. The first kappa shape index (κ1) is 19.9. The van der Waals surface area contributed by atoms with Crippen molar-refractivity contribution in [3.63, 3.8) is 0 Å². The van der Waals surface area contributed by atoms with Crippen molar-refractivity contribution >= 4 is 33.9 Å². The maximum absolute atomic E-state index is 6.23. The number of nitrogens with zero attached hydrogens (tertiary/aromatic N) is 3. The normalized spacial score (nSPS) is 16.8. The molecule has 1 N–H and O–H groups in total. The highest BCUT2D eigenvalue weighted by molar-refractivity contribution is 6.30. The maximum Gasteiger partial charge on any atom is 0.138 e. The minimum absolute atomic E-state index is 0.733. The van der Waals surface area contributed by atoms with E-state index in [1.165, 1.54) is 5.56 Å². The van der Waals surface area contributed by atoms with Gasteiger partial charge in [-0.25, -0.2) is 4.98 Å². The van der Waals surface area contributed by atoms with E-state index in [0.29, 0.717) is 0 Å². The van der Waals surface area contributed by atoms with E-state index in [4.69, 9.17) is 16.3 Å². The van der Waals surface area contributed by atoms with Gasteiger partial charge in [0, 0.05) is 53.7 Å². The molecule has 5 nitrogen and oxygen atoms in total. The van der Waals surface area contributed by atoms with Gasteiger partial charge in [-0.2, -0.15) is 0 Å². The van der Waals surface area contributed by atoms with Crippen molar-refractivity contribution in [3.05, 3.63) is 89.0 Å². The summed E-state index contributed by atoms with van der Waals surface area (Å²) in [5, 5.41) is 1.88. The van der Waals surface area contributed by atoms with Crippen LogP contribution >= 0.6 is 11.6 Å². The molecule has 5 rings (SSSR count). The Balaban J connectivity index is 1.40. The van der Waals surface area contributed by atoms with Gasteiger partial charge in [-0.15, -0.1) is 0 Å². The standard InChI is InChI=1S/C25H25ClN4O/c1-17-9-19(12-21(26)10-17)16-30-4-3-20(11-18(30)2)24-15-28-25-23(24)13-22(14-27-25)29-5-7-31-8-6-29/h3-4,9-15H,2,5-8,16H2,1H3,(H,27,28). The van der Waals surface area contributed by atoms with Gasteiger partial charge in [0.05, 0.1) is 25.1 Å². The molecule has 0 amide bonds. The lowest BCUT2D eigenvalue weighted by molar-refractivity contribution is 0.122. The number of morpholine rings is 1. The summed E-state index contributed by atoms with van der Waals surface area (Å²) in [6, 6.07) is 8.36. The average molecular weight is 433 g/mol. The highest BCUT2D eigenvalue weighted by Crippen LogP contribution is 2.32. The number of aromatic amines is 1. The Morgan fingerprint density at radius 1 is 1.19 bits per heavy atom. The van der Waals surface area contributed by atoms with Gasteiger partial charge in [0.25, 0.3) is 0 Å². The Kier molecular flexibility index (Phi) is 5.30. The van der Waals surface area contributed by atoms with E-state index in [1.807, 2.05) is 24.5 Å². The van der Waals surface area contributed by atoms with Gasteiger partial charge in [-0.1, -0.05) is 24.2 Å². The van der Waals surface area contributed by atoms with E-state index < -0.39 is 0 Å². The molecule has 3 aromatic rings. The van der Waals surface area contributed by atoms with Crippen LogP contribution in [0.1, 0.15) is 16.7 Å². The number of halogens is 1. The lowest BCUT2D eigenvalue weighted by atomic mass is 10.0. The number of benzene rings is 1. The molecule has 0 unspecified atom stereocenters. The van der Waals surface area contributed by atoms with E-state index >= 15 is 0 Å². The third-order valence-electron chi connectivity index (χ3n) is 5.78. The highest BCUT2D eigenvalue weighted by atomic mass is 35.5. The number of fused-ring (bicyclic) bond motifs is 1. The van der Waals surface area contributed by atoms with Crippen LogP contribution in [0.15, 0.2) is 67.3 Å². The van der Waals surface area contributed by atoms with Gasteiger partial charge >= 0.3 is 0 Å². The number of ether oxygens (including phenoxy) is 1. The van der Waals surface area contributed by atoms with E-state index in [0.717, 1.165) is 77.0 Å². The van der Waals surface area contributed by atoms with Crippen LogP contribution in [-0.2, 0) is 11.3 Å². The van der Waals surface area contributed by atoms with Crippen LogP contribution in [0, 0.1) is 6.92 Å². The first-order valence-electron chi connectivity index (χ1n) is 10.5. The molecular weight excluding hydrogens is 408 g/mol. The molecule has 1 saturated heterocycles. The summed E-state index contributed by atoms with van der Waals surface area (Å²) in [7, 11) is 0. The van der Waals surface area contributed by atoms with Crippen LogP contribution < -0.4 is 4.90 Å². The second kappa shape index (κ2) is 8.25. The van der Waals surface area contributed by atoms with Crippen LogP contribution in [0.25, 0.3) is 16.6 Å². The van der Waals surface area contributed by atoms with Gasteiger partial charge in [0.1, 0.15) is 5.65 Å². The number of hydrogen-bond acceptors (Lipinski definition) is 4. The monoisotopic (exact) mass is 432 g/mol. The van der Waals surface area contributed by atoms with Crippen LogP contribution in [0.5, 0.6) is 0 Å². The molecule has 6 heteroatoms. The van der Waals surface area contributed by atoms with Crippen LogP contribution in [0.4, 0.5) is 5.69 Å². The van der Waals surface area contributed by atoms with Crippen molar-refractivity contribution in [1.29, 1.82) is 0 Å². The predicted octanol–water partition coefficient (Wildman–Crippen LogP) is 5.29. The molecule has 1 fully saturated rings. The number of rotatable bonds is 4. The molecule has 0 radical (unpaired) electrons. The number of pyridine rings is 1. The Morgan fingerprint density at radius 2 is 2.03 bits per heavy atom. The van der Waals surface area contributed by atoms with Gasteiger partial charge < -0.3 is 19.5 Å². The lowest BCUT2D eigenvalue weighted by Crippen LogP contribution is -2.36. The number of hydrogen-bond donors (Lipinski definition) is 1. The second-order valence-corrected chi connectivity index (χ2v) is 8.50. The van der Waals surface area contributed by atoms with Gasteiger partial charge in [-0.3, -0.25) is 0 Å². The minimum Gasteiger partial charge on any atom is -0.378 e. The number of allylic oxidation sites excluding steroid dienone is 3. The summed E-state index contributed by atoms with van der Waals surface area (Å²) in [5.41, 5.74) is 7.55. The van der Waals surface area contributed by atoms with Crippen molar-refractivity contribution in [2.45, 2.75) is 13.5 Å². The Labute approximate surface area is 187 Å². The fourth-order valence-electron chi connectivity index (χ4n) is 4.22. The summed E-state index contributed by atoms with van der Waals surface area (Å²) in [6.45, 7) is 10.4. The summed E-state index contributed by atoms with van der Waals surface area (Å²) in [6.07, 6.45) is 10.3. The van der Waals surface area contributed by atoms with Crippen LogP contribution in [0.2, 0.25) is 5.02 Å². The zero-order chi connectivity index (χ0) is 21.4. The summed E-state index contributed by atoms with van der Waals surface area (Å²) in [5.74, 6) is 0. The summed E-state index contributed by atoms with van der Waals surface area (Å²) in [4.78, 5) is 12.4. The fraction of sp³-hybridized carbons (Fsp3) is 0.240. The molecule has 0 bridgehead atoms. The molecule has 2 aliphatic heterocycles. The zero-order valence-electron chi connectivity index (χ0n) is 17.6. The van der Waals surface area contributed by atoms with Crippen molar-refractivity contribution in [2.24, 2.45) is 0 Å². The SMILES string of the molecule is C=C1C=C(c2c[nH]c3ncc(N4CCOCC4)cc23)C=CN1Cc1cc(C)cc(Cl)c1. The molecule has 0 aliphatic carbocycles. The summed E-state index contributed by atoms with van der Waals surface area (Å²) >= 11 is 6.23. The zero-order valence-corrected chi connectivity index (χ0v) is 18.3. The molecule has 31 heavy (non-hydrogen) atoms. The largest absolute Gasteiger partial charge is 0.378 e. The molecule has 0 spiro atoms.